The predicted molar refractivity (Wildman–Crippen MR) is 116 cm³/mol. The summed E-state index contributed by atoms with van der Waals surface area (Å²) in [7, 11) is 0. The number of ether oxygens (including phenoxy) is 1. The van der Waals surface area contributed by atoms with Crippen molar-refractivity contribution in [3.8, 4) is 0 Å². The predicted octanol–water partition coefficient (Wildman–Crippen LogP) is 4.99. The van der Waals surface area contributed by atoms with Gasteiger partial charge < -0.3 is 9.64 Å². The number of ketones is 1. The van der Waals surface area contributed by atoms with E-state index in [9.17, 15) is 27.6 Å². The van der Waals surface area contributed by atoms with Gasteiger partial charge in [-0.25, -0.2) is 0 Å². The number of benzene rings is 2. The molecule has 0 aromatic heterocycles. The van der Waals surface area contributed by atoms with E-state index in [1.165, 1.54) is 4.90 Å². The van der Waals surface area contributed by atoms with Gasteiger partial charge in [0.25, 0.3) is 5.91 Å². The van der Waals surface area contributed by atoms with Gasteiger partial charge in [0.1, 0.15) is 0 Å². The lowest BCUT2D eigenvalue weighted by Crippen LogP contribution is -2.41. The maximum absolute atomic E-state index is 12.7. The molecular weight excluding hydrogens is 435 g/mol. The Hall–Kier alpha value is -3.16. The van der Waals surface area contributed by atoms with E-state index in [2.05, 4.69) is 0 Å². The molecular formula is C25H26F3NO4. The molecule has 0 spiro atoms. The molecule has 176 valence electrons. The van der Waals surface area contributed by atoms with Gasteiger partial charge in [-0.2, -0.15) is 13.2 Å². The molecule has 1 fully saturated rings. The molecule has 2 aromatic rings. The third-order valence-corrected chi connectivity index (χ3v) is 6.03. The van der Waals surface area contributed by atoms with Gasteiger partial charge in [-0.1, -0.05) is 12.1 Å². The first-order valence-electron chi connectivity index (χ1n) is 10.8. The Morgan fingerprint density at radius 2 is 1.52 bits per heavy atom. The summed E-state index contributed by atoms with van der Waals surface area (Å²) < 4.78 is 43.5. The Kier molecular flexibility index (Phi) is 7.25. The van der Waals surface area contributed by atoms with Crippen LogP contribution in [0.3, 0.4) is 0 Å². The Morgan fingerprint density at radius 1 is 0.939 bits per heavy atom. The number of aryl methyl sites for hydroxylation is 2. The van der Waals surface area contributed by atoms with Gasteiger partial charge in [0.15, 0.2) is 6.10 Å². The van der Waals surface area contributed by atoms with Crippen LogP contribution in [-0.2, 0) is 15.7 Å². The van der Waals surface area contributed by atoms with Gasteiger partial charge in [0.05, 0.1) is 11.5 Å². The van der Waals surface area contributed by atoms with E-state index in [1.807, 2.05) is 19.9 Å². The molecule has 5 nitrogen and oxygen atoms in total. The molecule has 1 aliphatic rings. The number of rotatable bonds is 5. The van der Waals surface area contributed by atoms with Crippen molar-refractivity contribution >= 4 is 17.7 Å². The van der Waals surface area contributed by atoms with Crippen LogP contribution >= 0.6 is 0 Å². The fourth-order valence-corrected chi connectivity index (χ4v) is 3.76. The normalized spacial score (nSPS) is 15.8. The number of halogens is 3. The Balaban J connectivity index is 1.53. The first-order chi connectivity index (χ1) is 15.5. The lowest BCUT2D eigenvalue weighted by Gasteiger charge is -2.31. The molecule has 0 bridgehead atoms. The zero-order chi connectivity index (χ0) is 24.3. The van der Waals surface area contributed by atoms with Gasteiger partial charge in [0.2, 0.25) is 5.78 Å². The second-order valence-corrected chi connectivity index (χ2v) is 8.38. The first-order valence-corrected chi connectivity index (χ1v) is 10.8. The summed E-state index contributed by atoms with van der Waals surface area (Å²) >= 11 is 0. The first kappa shape index (κ1) is 24.5. The Bertz CT molecular complexity index is 1040. The van der Waals surface area contributed by atoms with Crippen LogP contribution in [0.2, 0.25) is 0 Å². The number of hydrogen-bond acceptors (Lipinski definition) is 4. The minimum absolute atomic E-state index is 0.164. The van der Waals surface area contributed by atoms with Crippen LogP contribution in [0.15, 0.2) is 42.5 Å². The van der Waals surface area contributed by atoms with Crippen LogP contribution in [0.25, 0.3) is 0 Å². The van der Waals surface area contributed by atoms with E-state index in [0.29, 0.717) is 18.4 Å². The van der Waals surface area contributed by atoms with Crippen LogP contribution in [0.1, 0.15) is 57.2 Å². The average molecular weight is 461 g/mol. The zero-order valence-corrected chi connectivity index (χ0v) is 18.7. The van der Waals surface area contributed by atoms with Crippen molar-refractivity contribution in [2.75, 3.05) is 13.1 Å². The largest absolute Gasteiger partial charge is 0.454 e. The molecule has 0 N–H and O–H groups in total. The lowest BCUT2D eigenvalue weighted by atomic mass is 9.96. The van der Waals surface area contributed by atoms with Gasteiger partial charge in [-0.3, -0.25) is 14.4 Å². The number of likely N-dealkylation sites (tertiary alicyclic amines) is 1. The zero-order valence-electron chi connectivity index (χ0n) is 18.7. The molecule has 1 amide bonds. The number of Topliss-reactive ketones (excluding diaryl/α,β-unsaturated/α-hetero) is 1. The second kappa shape index (κ2) is 9.77. The molecule has 1 atom stereocenters. The highest BCUT2D eigenvalue weighted by Gasteiger charge is 2.32. The molecule has 2 aromatic carbocycles. The maximum Gasteiger partial charge on any atom is 0.416 e. The van der Waals surface area contributed by atoms with Gasteiger partial charge in [0, 0.05) is 24.2 Å². The van der Waals surface area contributed by atoms with Crippen molar-refractivity contribution < 1.29 is 32.3 Å². The van der Waals surface area contributed by atoms with Gasteiger partial charge >= 0.3 is 12.1 Å². The molecule has 1 aliphatic heterocycles. The van der Waals surface area contributed by atoms with Gasteiger partial charge in [-0.05, 0) is 75.1 Å². The van der Waals surface area contributed by atoms with Crippen LogP contribution < -0.4 is 0 Å². The topological polar surface area (TPSA) is 63.7 Å². The monoisotopic (exact) mass is 461 g/mol. The Morgan fingerprint density at radius 3 is 2.06 bits per heavy atom. The highest BCUT2D eigenvalue weighted by molar-refractivity contribution is 6.00. The van der Waals surface area contributed by atoms with E-state index >= 15 is 0 Å². The van der Waals surface area contributed by atoms with Crippen molar-refractivity contribution in [2.45, 2.75) is 45.9 Å². The van der Waals surface area contributed by atoms with E-state index in [0.717, 1.165) is 35.4 Å². The lowest BCUT2D eigenvalue weighted by molar-refractivity contribution is -0.152. The summed E-state index contributed by atoms with van der Waals surface area (Å²) in [4.78, 5) is 39.3. The maximum atomic E-state index is 12.7. The van der Waals surface area contributed by atoms with Crippen molar-refractivity contribution in [3.05, 3.63) is 70.3 Å². The molecule has 0 radical (unpaired) electrons. The van der Waals surface area contributed by atoms with Crippen molar-refractivity contribution in [2.24, 2.45) is 5.92 Å². The summed E-state index contributed by atoms with van der Waals surface area (Å²) in [6.07, 6.45) is -4.67. The number of carbonyl (C=O) groups excluding carboxylic acids is 3. The molecule has 8 heteroatoms. The fourth-order valence-electron chi connectivity index (χ4n) is 3.76. The number of esters is 1. The number of carbonyl (C=O) groups is 3. The summed E-state index contributed by atoms with van der Waals surface area (Å²) in [6, 6.07) is 9.40. The molecule has 1 unspecified atom stereocenters. The van der Waals surface area contributed by atoms with Crippen molar-refractivity contribution in [1.82, 2.24) is 4.90 Å². The van der Waals surface area contributed by atoms with E-state index in [-0.39, 0.29) is 30.3 Å². The smallest absolute Gasteiger partial charge is 0.416 e. The summed E-state index contributed by atoms with van der Waals surface area (Å²) in [5, 5.41) is 0. The molecule has 1 heterocycles. The number of hydrogen-bond donors (Lipinski definition) is 0. The number of nitrogens with zero attached hydrogens (tertiary/aromatic N) is 1. The molecule has 0 saturated carbocycles. The van der Waals surface area contributed by atoms with E-state index in [4.69, 9.17) is 4.74 Å². The van der Waals surface area contributed by atoms with E-state index in [1.54, 1.807) is 19.1 Å². The van der Waals surface area contributed by atoms with E-state index < -0.39 is 29.7 Å². The molecule has 33 heavy (non-hydrogen) atoms. The highest BCUT2D eigenvalue weighted by atomic mass is 19.4. The van der Waals surface area contributed by atoms with Crippen LogP contribution in [0, 0.1) is 19.8 Å². The average Bonchev–Trinajstić information content (AvgIpc) is 2.79. The van der Waals surface area contributed by atoms with Gasteiger partial charge in [-0.15, -0.1) is 0 Å². The number of alkyl halides is 3. The van der Waals surface area contributed by atoms with Crippen molar-refractivity contribution in [1.29, 1.82) is 0 Å². The number of piperidine rings is 1. The Labute approximate surface area is 190 Å². The van der Waals surface area contributed by atoms with Crippen molar-refractivity contribution in [3.63, 3.8) is 0 Å². The quantitative estimate of drug-likeness (QED) is 0.465. The van der Waals surface area contributed by atoms with Crippen LogP contribution in [-0.4, -0.2) is 41.8 Å². The molecule has 0 aliphatic carbocycles. The molecule has 3 rings (SSSR count). The summed E-state index contributed by atoms with van der Waals surface area (Å²) in [6.45, 7) is 5.95. The van der Waals surface area contributed by atoms with Crippen LogP contribution in [0.5, 0.6) is 0 Å². The summed E-state index contributed by atoms with van der Waals surface area (Å²) in [5.74, 6) is -1.59. The third-order valence-electron chi connectivity index (χ3n) is 6.03. The summed E-state index contributed by atoms with van der Waals surface area (Å²) in [5.41, 5.74) is 1.87. The van der Waals surface area contributed by atoms with Crippen LogP contribution in [0.4, 0.5) is 13.2 Å². The minimum Gasteiger partial charge on any atom is -0.454 e. The minimum atomic E-state index is -4.46. The molecule has 1 saturated heterocycles. The highest BCUT2D eigenvalue weighted by Crippen LogP contribution is 2.29. The fraction of sp³-hybridized carbons (Fsp3) is 0.400. The second-order valence-electron chi connectivity index (χ2n) is 8.38. The number of amides is 1. The third kappa shape index (κ3) is 5.80. The standard InChI is InChI=1S/C25H26F3NO4/c1-15-4-5-20(14-16(15)2)22(30)17(3)33-24(32)19-10-12-29(13-11-19)23(31)18-6-8-21(9-7-18)25(26,27)28/h4-9,14,17,19H,10-13H2,1-3H3. The SMILES string of the molecule is Cc1ccc(C(=O)C(C)OC(=O)C2CCN(C(=O)c3ccc(C(F)(F)F)cc3)CC2)cc1C.